The SMILES string of the molecule is O=C1CCC(N2Cc3c(SCCCCCCCCC45CC(C4)C5)cccc3C2=O)C(=O)N1. The minimum absolute atomic E-state index is 0.0872. The molecule has 0 spiro atoms. The van der Waals surface area contributed by atoms with E-state index >= 15 is 0 Å². The molecule has 3 aliphatic carbocycles. The van der Waals surface area contributed by atoms with Gasteiger partial charge in [-0.3, -0.25) is 19.7 Å². The highest BCUT2D eigenvalue weighted by Gasteiger charge is 2.55. The number of amides is 3. The van der Waals surface area contributed by atoms with Crippen LogP contribution in [0.15, 0.2) is 23.1 Å². The highest BCUT2D eigenvalue weighted by molar-refractivity contribution is 7.99. The molecule has 1 N–H and O–H groups in total. The van der Waals surface area contributed by atoms with Crippen LogP contribution in [0.3, 0.4) is 0 Å². The van der Waals surface area contributed by atoms with Gasteiger partial charge in [0.15, 0.2) is 0 Å². The summed E-state index contributed by atoms with van der Waals surface area (Å²) in [7, 11) is 0. The number of thioether (sulfide) groups is 1. The maximum atomic E-state index is 12.9. The second-order valence-electron chi connectivity index (χ2n) is 10.4. The van der Waals surface area contributed by atoms with E-state index in [9.17, 15) is 14.4 Å². The summed E-state index contributed by atoms with van der Waals surface area (Å²) in [5, 5.41) is 2.37. The predicted octanol–water partition coefficient (Wildman–Crippen LogP) is 5.07. The molecule has 2 aliphatic heterocycles. The Morgan fingerprint density at radius 3 is 2.47 bits per heavy atom. The largest absolute Gasteiger partial charge is 0.322 e. The molecule has 1 atom stereocenters. The Morgan fingerprint density at radius 1 is 1.00 bits per heavy atom. The fourth-order valence-electron chi connectivity index (χ4n) is 6.15. The average Bonchev–Trinajstić information content (AvgIpc) is 3.04. The van der Waals surface area contributed by atoms with E-state index in [1.54, 1.807) is 4.90 Å². The lowest BCUT2D eigenvalue weighted by Crippen LogP contribution is -2.52. The summed E-state index contributed by atoms with van der Waals surface area (Å²) in [4.78, 5) is 39.4. The number of carbonyl (C=O) groups excluding carboxylic acids is 3. The van der Waals surface area contributed by atoms with Gasteiger partial charge in [0.1, 0.15) is 6.04 Å². The van der Waals surface area contributed by atoms with Crippen molar-refractivity contribution in [3.05, 3.63) is 29.3 Å². The molecule has 6 heteroatoms. The van der Waals surface area contributed by atoms with Crippen LogP contribution < -0.4 is 5.32 Å². The van der Waals surface area contributed by atoms with Crippen molar-refractivity contribution in [3.8, 4) is 0 Å². The predicted molar refractivity (Wildman–Crippen MR) is 125 cm³/mol. The van der Waals surface area contributed by atoms with Gasteiger partial charge in [0, 0.05) is 23.4 Å². The van der Waals surface area contributed by atoms with Crippen molar-refractivity contribution in [2.45, 2.75) is 94.5 Å². The van der Waals surface area contributed by atoms with Gasteiger partial charge in [-0.15, -0.1) is 11.8 Å². The second kappa shape index (κ2) is 9.20. The standard InChI is InChI=1S/C26H34N2O3S/c29-23-11-10-21(24(30)27-23)28-17-20-19(25(28)31)8-7-9-22(20)32-13-6-4-2-1-3-5-12-26-14-18(15-26)16-26/h7-9,18,21H,1-6,10-17H2,(H,27,29,30). The number of unbranched alkanes of at least 4 members (excludes halogenated alkanes) is 5. The molecule has 1 saturated heterocycles. The fourth-order valence-corrected chi connectivity index (χ4v) is 7.24. The van der Waals surface area contributed by atoms with E-state index in [-0.39, 0.29) is 17.7 Å². The topological polar surface area (TPSA) is 66.5 Å². The molecule has 2 bridgehead atoms. The van der Waals surface area contributed by atoms with Crippen LogP contribution in [0.5, 0.6) is 0 Å². The van der Waals surface area contributed by atoms with Crippen molar-refractivity contribution in [2.75, 3.05) is 5.75 Å². The van der Waals surface area contributed by atoms with Crippen LogP contribution in [0.4, 0.5) is 0 Å². The van der Waals surface area contributed by atoms with Gasteiger partial charge in [-0.05, 0) is 73.3 Å². The van der Waals surface area contributed by atoms with Crippen molar-refractivity contribution in [3.63, 3.8) is 0 Å². The number of carbonyl (C=O) groups is 3. The zero-order valence-electron chi connectivity index (χ0n) is 18.9. The number of nitrogens with zero attached hydrogens (tertiary/aromatic N) is 1. The van der Waals surface area contributed by atoms with Crippen LogP contribution in [0, 0.1) is 11.3 Å². The van der Waals surface area contributed by atoms with Crippen LogP contribution in [-0.4, -0.2) is 34.4 Å². The molecule has 5 nitrogen and oxygen atoms in total. The zero-order valence-corrected chi connectivity index (χ0v) is 19.7. The summed E-state index contributed by atoms with van der Waals surface area (Å²) in [5.41, 5.74) is 2.57. The van der Waals surface area contributed by atoms with E-state index in [0.29, 0.717) is 24.9 Å². The molecular weight excluding hydrogens is 420 g/mol. The fraction of sp³-hybridized carbons (Fsp3) is 0.654. The van der Waals surface area contributed by atoms with Crippen molar-refractivity contribution in [2.24, 2.45) is 11.3 Å². The molecule has 32 heavy (non-hydrogen) atoms. The summed E-state index contributed by atoms with van der Waals surface area (Å²) in [5.74, 6) is 1.49. The van der Waals surface area contributed by atoms with Gasteiger partial charge in [-0.1, -0.05) is 38.2 Å². The quantitative estimate of drug-likeness (QED) is 0.288. The molecule has 3 saturated carbocycles. The Labute approximate surface area is 195 Å². The second-order valence-corrected chi connectivity index (χ2v) is 11.5. The molecule has 1 aromatic rings. The first-order valence-corrected chi connectivity index (χ1v) is 13.4. The summed E-state index contributed by atoms with van der Waals surface area (Å²) >= 11 is 1.83. The van der Waals surface area contributed by atoms with Crippen LogP contribution in [0.2, 0.25) is 0 Å². The van der Waals surface area contributed by atoms with E-state index in [1.165, 1.54) is 64.2 Å². The molecule has 5 aliphatic rings. The van der Waals surface area contributed by atoms with Gasteiger partial charge in [0.2, 0.25) is 11.8 Å². The highest BCUT2D eigenvalue weighted by Crippen LogP contribution is 2.66. The smallest absolute Gasteiger partial charge is 0.255 e. The van der Waals surface area contributed by atoms with Gasteiger partial charge in [-0.25, -0.2) is 0 Å². The first-order chi connectivity index (χ1) is 15.5. The number of fused-ring (bicyclic) bond motifs is 1. The number of nitrogens with one attached hydrogen (secondary N) is 1. The average molecular weight is 455 g/mol. The molecular formula is C26H34N2O3S. The normalized spacial score (nSPS) is 28.2. The lowest BCUT2D eigenvalue weighted by atomic mass is 9.43. The molecule has 1 aromatic carbocycles. The van der Waals surface area contributed by atoms with Crippen molar-refractivity contribution < 1.29 is 14.4 Å². The third kappa shape index (κ3) is 4.35. The van der Waals surface area contributed by atoms with Crippen molar-refractivity contribution in [1.29, 1.82) is 0 Å². The van der Waals surface area contributed by atoms with E-state index in [2.05, 4.69) is 11.4 Å². The maximum Gasteiger partial charge on any atom is 0.255 e. The Kier molecular flexibility index (Phi) is 6.33. The molecule has 0 radical (unpaired) electrons. The van der Waals surface area contributed by atoms with E-state index in [1.807, 2.05) is 23.9 Å². The number of hydrogen-bond donors (Lipinski definition) is 1. The van der Waals surface area contributed by atoms with E-state index in [0.717, 1.165) is 27.5 Å². The molecule has 172 valence electrons. The summed E-state index contributed by atoms with van der Waals surface area (Å²) in [6, 6.07) is 5.36. The third-order valence-electron chi connectivity index (χ3n) is 8.06. The highest BCUT2D eigenvalue weighted by atomic mass is 32.2. The number of benzene rings is 1. The van der Waals surface area contributed by atoms with Crippen LogP contribution in [-0.2, 0) is 16.1 Å². The van der Waals surface area contributed by atoms with E-state index in [4.69, 9.17) is 0 Å². The lowest BCUT2D eigenvalue weighted by molar-refractivity contribution is -0.136. The molecule has 2 heterocycles. The lowest BCUT2D eigenvalue weighted by Gasteiger charge is -2.62. The monoisotopic (exact) mass is 454 g/mol. The van der Waals surface area contributed by atoms with Crippen LogP contribution in [0.1, 0.15) is 93.0 Å². The molecule has 0 aromatic heterocycles. The number of rotatable bonds is 11. The van der Waals surface area contributed by atoms with Crippen molar-refractivity contribution in [1.82, 2.24) is 10.2 Å². The minimum atomic E-state index is -0.542. The van der Waals surface area contributed by atoms with E-state index < -0.39 is 6.04 Å². The first kappa shape index (κ1) is 22.0. The van der Waals surface area contributed by atoms with Gasteiger partial charge < -0.3 is 4.90 Å². The molecule has 6 rings (SSSR count). The van der Waals surface area contributed by atoms with Gasteiger partial charge in [0.05, 0.1) is 0 Å². The minimum Gasteiger partial charge on any atom is -0.322 e. The van der Waals surface area contributed by atoms with Gasteiger partial charge in [-0.2, -0.15) is 0 Å². The van der Waals surface area contributed by atoms with Crippen LogP contribution >= 0.6 is 11.8 Å². The zero-order chi connectivity index (χ0) is 22.1. The maximum absolute atomic E-state index is 12.9. The molecule has 4 fully saturated rings. The number of hydrogen-bond acceptors (Lipinski definition) is 4. The van der Waals surface area contributed by atoms with Crippen molar-refractivity contribution >= 4 is 29.5 Å². The van der Waals surface area contributed by atoms with Gasteiger partial charge in [0.25, 0.3) is 5.91 Å². The Balaban J connectivity index is 1.03. The molecule has 3 amide bonds. The Bertz CT molecular complexity index is 897. The van der Waals surface area contributed by atoms with Crippen LogP contribution in [0.25, 0.3) is 0 Å². The van der Waals surface area contributed by atoms with Gasteiger partial charge >= 0.3 is 0 Å². The third-order valence-corrected chi connectivity index (χ3v) is 9.25. The Hall–Kier alpha value is -1.82. The number of imide groups is 1. The molecule has 1 unspecified atom stereocenters. The summed E-state index contributed by atoms with van der Waals surface area (Å²) < 4.78 is 0. The first-order valence-electron chi connectivity index (χ1n) is 12.4. The Morgan fingerprint density at radius 2 is 1.75 bits per heavy atom. The summed E-state index contributed by atoms with van der Waals surface area (Å²) in [6.45, 7) is 0.464. The summed E-state index contributed by atoms with van der Waals surface area (Å²) in [6.07, 6.45) is 14.8. The number of piperidine rings is 1.